The number of aryl methyl sites for hydroxylation is 1. The third-order valence-electron chi connectivity index (χ3n) is 5.38. The van der Waals surface area contributed by atoms with Gasteiger partial charge in [-0.2, -0.15) is 0 Å². The van der Waals surface area contributed by atoms with Gasteiger partial charge in [0.1, 0.15) is 6.33 Å². The number of halogens is 1. The van der Waals surface area contributed by atoms with E-state index >= 15 is 0 Å². The number of nitrogens with one attached hydrogen (secondary N) is 1. The van der Waals surface area contributed by atoms with Crippen LogP contribution in [0.4, 0.5) is 0 Å². The van der Waals surface area contributed by atoms with E-state index in [2.05, 4.69) is 20.5 Å². The van der Waals surface area contributed by atoms with Crippen molar-refractivity contribution >= 4 is 35.2 Å². The quantitative estimate of drug-likeness (QED) is 0.556. The third-order valence-corrected chi connectivity index (χ3v) is 6.72. The summed E-state index contributed by atoms with van der Waals surface area (Å²) in [5, 5.41) is 12.5. The molecule has 1 aromatic carbocycles. The van der Waals surface area contributed by atoms with Crippen LogP contribution in [-0.2, 0) is 4.79 Å². The summed E-state index contributed by atoms with van der Waals surface area (Å²) in [6, 6.07) is 9.27. The zero-order valence-electron chi connectivity index (χ0n) is 17.6. The zero-order valence-corrected chi connectivity index (χ0v) is 19.1. The number of carbonyl (C=O) groups is 2. The predicted octanol–water partition coefficient (Wildman–Crippen LogP) is 3.14. The summed E-state index contributed by atoms with van der Waals surface area (Å²) in [5.74, 6) is 0.183. The van der Waals surface area contributed by atoms with E-state index < -0.39 is 0 Å². The summed E-state index contributed by atoms with van der Waals surface area (Å²) in [7, 11) is 0. The van der Waals surface area contributed by atoms with E-state index in [-0.39, 0.29) is 23.6 Å². The number of rotatable bonds is 6. The van der Waals surface area contributed by atoms with Gasteiger partial charge in [0, 0.05) is 36.5 Å². The first-order chi connectivity index (χ1) is 15.5. The van der Waals surface area contributed by atoms with E-state index in [0.717, 1.165) is 24.1 Å². The van der Waals surface area contributed by atoms with Crippen molar-refractivity contribution in [3.63, 3.8) is 0 Å². The monoisotopic (exact) mass is 470 g/mol. The number of amides is 2. The van der Waals surface area contributed by atoms with Gasteiger partial charge in [-0.1, -0.05) is 29.4 Å². The Morgan fingerprint density at radius 3 is 2.78 bits per heavy atom. The van der Waals surface area contributed by atoms with Crippen molar-refractivity contribution in [3.05, 3.63) is 65.2 Å². The lowest BCUT2D eigenvalue weighted by molar-refractivity contribution is -0.129. The number of benzene rings is 1. The van der Waals surface area contributed by atoms with Gasteiger partial charge < -0.3 is 10.2 Å². The molecule has 1 fully saturated rings. The smallest absolute Gasteiger partial charge is 0.253 e. The van der Waals surface area contributed by atoms with Gasteiger partial charge in [-0.15, -0.1) is 10.2 Å². The molecule has 0 spiro atoms. The lowest BCUT2D eigenvalue weighted by atomic mass is 10.0. The molecule has 8 nitrogen and oxygen atoms in total. The molecule has 0 saturated carbocycles. The maximum Gasteiger partial charge on any atom is 0.253 e. The average Bonchev–Trinajstić information content (AvgIpc) is 3.29. The van der Waals surface area contributed by atoms with Crippen molar-refractivity contribution in [2.45, 2.75) is 31.0 Å². The number of hydrogen-bond acceptors (Lipinski definition) is 6. The third kappa shape index (κ3) is 5.28. The molecule has 4 rings (SSSR count). The fourth-order valence-corrected chi connectivity index (χ4v) is 4.49. The van der Waals surface area contributed by atoms with Crippen LogP contribution >= 0.6 is 23.4 Å². The van der Waals surface area contributed by atoms with E-state index in [4.69, 9.17) is 11.6 Å². The Morgan fingerprint density at radius 2 is 2.06 bits per heavy atom. The molecule has 32 heavy (non-hydrogen) atoms. The van der Waals surface area contributed by atoms with Crippen molar-refractivity contribution in [1.82, 2.24) is 30.0 Å². The molecule has 0 bridgehead atoms. The Bertz CT molecular complexity index is 1100. The maximum absolute atomic E-state index is 12.7. The summed E-state index contributed by atoms with van der Waals surface area (Å²) in [4.78, 5) is 30.8. The van der Waals surface area contributed by atoms with E-state index in [1.165, 1.54) is 11.8 Å². The molecule has 0 atom stereocenters. The molecule has 2 aromatic heterocycles. The van der Waals surface area contributed by atoms with Crippen LogP contribution in [0.15, 0.2) is 54.2 Å². The zero-order chi connectivity index (χ0) is 22.5. The lowest BCUT2D eigenvalue weighted by Gasteiger charge is -2.32. The Balaban J connectivity index is 1.28. The molecular weight excluding hydrogens is 448 g/mol. The molecule has 1 saturated heterocycles. The summed E-state index contributed by atoms with van der Waals surface area (Å²) in [5.41, 5.74) is 2.39. The van der Waals surface area contributed by atoms with Gasteiger partial charge in [0.05, 0.1) is 17.0 Å². The first kappa shape index (κ1) is 22.3. The van der Waals surface area contributed by atoms with Crippen LogP contribution in [0.5, 0.6) is 0 Å². The van der Waals surface area contributed by atoms with Crippen molar-refractivity contribution in [2.24, 2.45) is 0 Å². The number of likely N-dealkylation sites (tertiary alicyclic amines) is 1. The van der Waals surface area contributed by atoms with Gasteiger partial charge in [0.15, 0.2) is 5.16 Å². The van der Waals surface area contributed by atoms with Gasteiger partial charge in [0.25, 0.3) is 5.91 Å². The van der Waals surface area contributed by atoms with Crippen LogP contribution in [0.3, 0.4) is 0 Å². The summed E-state index contributed by atoms with van der Waals surface area (Å²) in [6.07, 6.45) is 6.25. The SMILES string of the molecule is Cc1ccc(-n2cnnc2SCC(=O)N2CCC(NC(=O)c3cccnc3)CC2)cc1Cl. The van der Waals surface area contributed by atoms with Crippen molar-refractivity contribution < 1.29 is 9.59 Å². The Labute approximate surface area is 195 Å². The highest BCUT2D eigenvalue weighted by atomic mass is 35.5. The number of piperidine rings is 1. The number of nitrogens with zero attached hydrogens (tertiary/aromatic N) is 5. The molecule has 166 valence electrons. The van der Waals surface area contributed by atoms with Crippen LogP contribution in [-0.4, -0.2) is 61.3 Å². The molecule has 10 heteroatoms. The van der Waals surface area contributed by atoms with Crippen LogP contribution in [0.1, 0.15) is 28.8 Å². The minimum Gasteiger partial charge on any atom is -0.349 e. The van der Waals surface area contributed by atoms with Crippen LogP contribution in [0.2, 0.25) is 5.02 Å². The maximum atomic E-state index is 12.7. The number of hydrogen-bond donors (Lipinski definition) is 1. The normalized spacial score (nSPS) is 14.4. The second-order valence-electron chi connectivity index (χ2n) is 7.58. The molecule has 1 N–H and O–H groups in total. The van der Waals surface area contributed by atoms with Crippen molar-refractivity contribution in [3.8, 4) is 5.69 Å². The fraction of sp³-hybridized carbons (Fsp3) is 0.318. The molecule has 3 heterocycles. The molecular formula is C22H23ClN6O2S. The second-order valence-corrected chi connectivity index (χ2v) is 8.93. The fourth-order valence-electron chi connectivity index (χ4n) is 3.49. The highest BCUT2D eigenvalue weighted by molar-refractivity contribution is 7.99. The van der Waals surface area contributed by atoms with Gasteiger partial charge in [-0.3, -0.25) is 19.1 Å². The molecule has 0 unspecified atom stereocenters. The summed E-state index contributed by atoms with van der Waals surface area (Å²) in [6.45, 7) is 3.16. The molecule has 2 amide bonds. The second kappa shape index (κ2) is 10.1. The number of aromatic nitrogens is 4. The van der Waals surface area contributed by atoms with Gasteiger partial charge in [-0.25, -0.2) is 0 Å². The van der Waals surface area contributed by atoms with Crippen molar-refractivity contribution in [2.75, 3.05) is 18.8 Å². The van der Waals surface area contributed by atoms with Crippen LogP contribution in [0.25, 0.3) is 5.69 Å². The topological polar surface area (TPSA) is 93.0 Å². The van der Waals surface area contributed by atoms with Gasteiger partial charge in [-0.05, 0) is 49.6 Å². The van der Waals surface area contributed by atoms with Crippen LogP contribution < -0.4 is 5.32 Å². The number of carbonyl (C=O) groups excluding carboxylic acids is 2. The standard InChI is InChI=1S/C22H23ClN6O2S/c1-15-4-5-18(11-19(15)23)29-14-25-27-22(29)32-13-20(30)28-9-6-17(7-10-28)26-21(31)16-3-2-8-24-12-16/h2-5,8,11-12,14,17H,6-7,9-10,13H2,1H3,(H,26,31). The summed E-state index contributed by atoms with van der Waals surface area (Å²) >= 11 is 7.59. The molecule has 0 aliphatic carbocycles. The van der Waals surface area contributed by atoms with E-state index in [0.29, 0.717) is 28.8 Å². The van der Waals surface area contributed by atoms with Gasteiger partial charge in [0.2, 0.25) is 5.91 Å². The van der Waals surface area contributed by atoms with Crippen LogP contribution in [0, 0.1) is 6.92 Å². The molecule has 3 aromatic rings. The number of pyridine rings is 1. The average molecular weight is 471 g/mol. The highest BCUT2D eigenvalue weighted by Gasteiger charge is 2.24. The molecule has 0 radical (unpaired) electrons. The highest BCUT2D eigenvalue weighted by Crippen LogP contribution is 2.24. The molecule has 1 aliphatic heterocycles. The Kier molecular flexibility index (Phi) is 7.06. The lowest BCUT2D eigenvalue weighted by Crippen LogP contribution is -2.47. The summed E-state index contributed by atoms with van der Waals surface area (Å²) < 4.78 is 1.82. The number of thioether (sulfide) groups is 1. The van der Waals surface area contributed by atoms with Crippen molar-refractivity contribution in [1.29, 1.82) is 0 Å². The van der Waals surface area contributed by atoms with Gasteiger partial charge >= 0.3 is 0 Å². The van der Waals surface area contributed by atoms with E-state index in [1.54, 1.807) is 30.9 Å². The first-order valence-electron chi connectivity index (χ1n) is 10.3. The molecule has 1 aliphatic rings. The minimum atomic E-state index is -0.131. The first-order valence-corrected chi connectivity index (χ1v) is 11.7. The minimum absolute atomic E-state index is 0.0449. The largest absolute Gasteiger partial charge is 0.349 e. The van der Waals surface area contributed by atoms with E-state index in [9.17, 15) is 9.59 Å². The Morgan fingerprint density at radius 1 is 1.25 bits per heavy atom. The predicted molar refractivity (Wildman–Crippen MR) is 123 cm³/mol. The Hall–Kier alpha value is -2.91. The van der Waals surface area contributed by atoms with E-state index in [1.807, 2.05) is 34.6 Å².